The SMILES string of the molecule is FC(F)c1ccc2scc(Br)c2c1. The highest BCUT2D eigenvalue weighted by molar-refractivity contribution is 9.10. The molecule has 0 bridgehead atoms. The molecule has 0 spiro atoms. The number of alkyl halides is 2. The second-order valence-corrected chi connectivity index (χ2v) is 4.41. The molecule has 13 heavy (non-hydrogen) atoms. The maximum atomic E-state index is 12.3. The molecule has 0 N–H and O–H groups in total. The van der Waals surface area contributed by atoms with Crippen LogP contribution in [0, 0.1) is 0 Å². The number of halogens is 3. The van der Waals surface area contributed by atoms with Gasteiger partial charge in [0.2, 0.25) is 0 Å². The second-order valence-electron chi connectivity index (χ2n) is 2.64. The number of benzene rings is 1. The molecule has 0 nitrogen and oxygen atoms in total. The monoisotopic (exact) mass is 262 g/mol. The van der Waals surface area contributed by atoms with Gasteiger partial charge in [-0.05, 0) is 28.1 Å². The van der Waals surface area contributed by atoms with Gasteiger partial charge in [0.05, 0.1) is 0 Å². The van der Waals surface area contributed by atoms with Crippen LogP contribution in [-0.2, 0) is 0 Å². The Hall–Kier alpha value is -0.480. The molecule has 0 aliphatic rings. The zero-order valence-electron chi connectivity index (χ0n) is 6.43. The standard InChI is InChI=1S/C9H5BrF2S/c10-7-4-13-8-2-1-5(9(11)12)3-6(7)8/h1-4,9H. The fourth-order valence-corrected chi connectivity index (χ4v) is 2.69. The Labute approximate surface area is 86.3 Å². The first kappa shape index (κ1) is 9.09. The molecule has 0 atom stereocenters. The molecule has 68 valence electrons. The van der Waals surface area contributed by atoms with Gasteiger partial charge in [0, 0.05) is 25.5 Å². The summed E-state index contributed by atoms with van der Waals surface area (Å²) in [6, 6.07) is 4.72. The normalized spacial score (nSPS) is 11.4. The van der Waals surface area contributed by atoms with Crippen molar-refractivity contribution in [3.8, 4) is 0 Å². The first-order chi connectivity index (χ1) is 6.18. The van der Waals surface area contributed by atoms with Gasteiger partial charge < -0.3 is 0 Å². The fourth-order valence-electron chi connectivity index (χ4n) is 1.15. The maximum absolute atomic E-state index is 12.3. The van der Waals surface area contributed by atoms with Crippen molar-refractivity contribution < 1.29 is 8.78 Å². The number of hydrogen-bond donors (Lipinski definition) is 0. The van der Waals surface area contributed by atoms with Crippen molar-refractivity contribution in [2.75, 3.05) is 0 Å². The van der Waals surface area contributed by atoms with Gasteiger partial charge in [-0.25, -0.2) is 8.78 Å². The molecule has 0 radical (unpaired) electrons. The van der Waals surface area contributed by atoms with Crippen LogP contribution in [0.25, 0.3) is 10.1 Å². The number of hydrogen-bond acceptors (Lipinski definition) is 1. The minimum Gasteiger partial charge on any atom is -0.205 e. The zero-order valence-corrected chi connectivity index (χ0v) is 8.83. The Balaban J connectivity index is 2.66. The summed E-state index contributed by atoms with van der Waals surface area (Å²) >= 11 is 4.86. The molecule has 2 rings (SSSR count). The Morgan fingerprint density at radius 3 is 2.77 bits per heavy atom. The third-order valence-electron chi connectivity index (χ3n) is 1.80. The van der Waals surface area contributed by atoms with E-state index in [0.29, 0.717) is 0 Å². The van der Waals surface area contributed by atoms with Crippen LogP contribution in [0.2, 0.25) is 0 Å². The Kier molecular flexibility index (Phi) is 2.34. The van der Waals surface area contributed by atoms with Crippen LogP contribution in [0.5, 0.6) is 0 Å². The lowest BCUT2D eigenvalue weighted by molar-refractivity contribution is 0.151. The van der Waals surface area contributed by atoms with E-state index in [-0.39, 0.29) is 5.56 Å². The molecule has 0 saturated carbocycles. The Morgan fingerprint density at radius 1 is 1.31 bits per heavy atom. The van der Waals surface area contributed by atoms with E-state index in [4.69, 9.17) is 0 Å². The van der Waals surface area contributed by atoms with Crippen LogP contribution >= 0.6 is 27.3 Å². The molecule has 0 aliphatic carbocycles. The van der Waals surface area contributed by atoms with Crippen molar-refractivity contribution in [2.24, 2.45) is 0 Å². The molecule has 0 aliphatic heterocycles. The third-order valence-corrected chi connectivity index (χ3v) is 3.72. The Morgan fingerprint density at radius 2 is 2.08 bits per heavy atom. The van der Waals surface area contributed by atoms with E-state index >= 15 is 0 Å². The zero-order chi connectivity index (χ0) is 9.42. The largest absolute Gasteiger partial charge is 0.263 e. The fraction of sp³-hybridized carbons (Fsp3) is 0.111. The second kappa shape index (κ2) is 3.35. The number of rotatable bonds is 1. The summed E-state index contributed by atoms with van der Waals surface area (Å²) in [7, 11) is 0. The molecule has 0 fully saturated rings. The molecule has 0 saturated heterocycles. The van der Waals surface area contributed by atoms with Gasteiger partial charge >= 0.3 is 0 Å². The van der Waals surface area contributed by atoms with Crippen LogP contribution in [-0.4, -0.2) is 0 Å². The predicted molar refractivity (Wildman–Crippen MR) is 54.5 cm³/mol. The highest BCUT2D eigenvalue weighted by Gasteiger charge is 2.09. The van der Waals surface area contributed by atoms with Crippen LogP contribution in [0.1, 0.15) is 12.0 Å². The van der Waals surface area contributed by atoms with Gasteiger partial charge in [-0.3, -0.25) is 0 Å². The Bertz CT molecular complexity index is 436. The van der Waals surface area contributed by atoms with Crippen molar-refractivity contribution in [1.29, 1.82) is 0 Å². The summed E-state index contributed by atoms with van der Waals surface area (Å²) in [5.74, 6) is 0. The molecule has 0 unspecified atom stereocenters. The van der Waals surface area contributed by atoms with E-state index in [2.05, 4.69) is 15.9 Å². The van der Waals surface area contributed by atoms with Crippen molar-refractivity contribution >= 4 is 37.4 Å². The molecule has 1 aromatic carbocycles. The molecule has 4 heteroatoms. The quantitative estimate of drug-likeness (QED) is 0.705. The van der Waals surface area contributed by atoms with Crippen LogP contribution in [0.15, 0.2) is 28.1 Å². The summed E-state index contributed by atoms with van der Waals surface area (Å²) in [5, 5.41) is 2.77. The van der Waals surface area contributed by atoms with E-state index in [1.807, 2.05) is 5.38 Å². The van der Waals surface area contributed by atoms with E-state index in [1.165, 1.54) is 12.1 Å². The lowest BCUT2D eigenvalue weighted by atomic mass is 10.2. The third kappa shape index (κ3) is 1.60. The maximum Gasteiger partial charge on any atom is 0.263 e. The van der Waals surface area contributed by atoms with Crippen LogP contribution in [0.3, 0.4) is 0 Å². The van der Waals surface area contributed by atoms with Gasteiger partial charge in [-0.15, -0.1) is 11.3 Å². The van der Waals surface area contributed by atoms with E-state index in [0.717, 1.165) is 14.6 Å². The first-order valence-electron chi connectivity index (χ1n) is 3.63. The summed E-state index contributed by atoms with van der Waals surface area (Å²) in [6.07, 6.45) is -2.39. The summed E-state index contributed by atoms with van der Waals surface area (Å²) in [6.45, 7) is 0. The molecular formula is C9H5BrF2S. The van der Waals surface area contributed by atoms with Crippen LogP contribution in [0.4, 0.5) is 8.78 Å². The lowest BCUT2D eigenvalue weighted by Crippen LogP contribution is -1.81. The number of fused-ring (bicyclic) bond motifs is 1. The van der Waals surface area contributed by atoms with Crippen molar-refractivity contribution in [3.05, 3.63) is 33.6 Å². The molecular weight excluding hydrogens is 258 g/mol. The topological polar surface area (TPSA) is 0 Å². The highest BCUT2D eigenvalue weighted by atomic mass is 79.9. The minimum atomic E-state index is -2.39. The van der Waals surface area contributed by atoms with Crippen molar-refractivity contribution in [2.45, 2.75) is 6.43 Å². The van der Waals surface area contributed by atoms with Gasteiger partial charge in [0.25, 0.3) is 6.43 Å². The smallest absolute Gasteiger partial charge is 0.205 e. The van der Waals surface area contributed by atoms with E-state index in [1.54, 1.807) is 17.4 Å². The van der Waals surface area contributed by atoms with Crippen LogP contribution < -0.4 is 0 Å². The summed E-state index contributed by atoms with van der Waals surface area (Å²) in [4.78, 5) is 0. The lowest BCUT2D eigenvalue weighted by Gasteiger charge is -1.98. The molecule has 0 amide bonds. The van der Waals surface area contributed by atoms with Gasteiger partial charge in [0.15, 0.2) is 0 Å². The molecule has 1 heterocycles. The predicted octanol–water partition coefficient (Wildman–Crippen LogP) is 4.60. The van der Waals surface area contributed by atoms with E-state index in [9.17, 15) is 8.78 Å². The van der Waals surface area contributed by atoms with Gasteiger partial charge in [-0.1, -0.05) is 6.07 Å². The average molecular weight is 263 g/mol. The first-order valence-corrected chi connectivity index (χ1v) is 5.30. The van der Waals surface area contributed by atoms with Gasteiger partial charge in [0.1, 0.15) is 0 Å². The highest BCUT2D eigenvalue weighted by Crippen LogP contribution is 2.33. The molecule has 1 aromatic heterocycles. The number of thiophene rings is 1. The summed E-state index contributed by atoms with van der Waals surface area (Å²) < 4.78 is 26.6. The summed E-state index contributed by atoms with van der Waals surface area (Å²) in [5.41, 5.74) is 0.0756. The van der Waals surface area contributed by atoms with E-state index < -0.39 is 6.43 Å². The van der Waals surface area contributed by atoms with Crippen molar-refractivity contribution in [3.63, 3.8) is 0 Å². The average Bonchev–Trinajstić information content (AvgIpc) is 2.47. The van der Waals surface area contributed by atoms with Crippen molar-refractivity contribution in [1.82, 2.24) is 0 Å². The van der Waals surface area contributed by atoms with Gasteiger partial charge in [-0.2, -0.15) is 0 Å². The molecule has 2 aromatic rings. The minimum absolute atomic E-state index is 0.0756.